The third-order valence-corrected chi connectivity index (χ3v) is 9.02. The smallest absolute Gasteiger partial charge is 0.257 e. The predicted molar refractivity (Wildman–Crippen MR) is 199 cm³/mol. The van der Waals surface area contributed by atoms with Gasteiger partial charge in [-0.2, -0.15) is 58.7 Å². The van der Waals surface area contributed by atoms with Crippen molar-refractivity contribution in [1.29, 1.82) is 0 Å². The third kappa shape index (κ3) is 5.97. The minimum Gasteiger partial charge on any atom is -0.257 e. The Hall–Kier alpha value is -5.57. The average Bonchev–Trinajstić information content (AvgIpc) is 3.79. The number of benzene rings is 6. The van der Waals surface area contributed by atoms with Crippen LogP contribution >= 0.6 is 0 Å². The van der Waals surface area contributed by atoms with Crippen molar-refractivity contribution in [2.75, 3.05) is 0 Å². The molecule has 8 aromatic rings. The van der Waals surface area contributed by atoms with E-state index < -0.39 is 5.41 Å². The van der Waals surface area contributed by atoms with E-state index in [0.29, 0.717) is 0 Å². The van der Waals surface area contributed by atoms with E-state index in [-0.39, 0.29) is 21.1 Å². The normalized spacial score (nSPS) is 11.2. The van der Waals surface area contributed by atoms with E-state index in [2.05, 4.69) is 169 Å². The van der Waals surface area contributed by atoms with Gasteiger partial charge in [0.05, 0.1) is 28.2 Å². The van der Waals surface area contributed by atoms with Crippen LogP contribution < -0.4 is 0 Å². The maximum Gasteiger partial charge on any atom is 2.00 e. The second-order valence-electron chi connectivity index (χ2n) is 12.6. The molecule has 6 aromatic carbocycles. The van der Waals surface area contributed by atoms with Gasteiger partial charge in [0.15, 0.2) is 0 Å². The van der Waals surface area contributed by atoms with Crippen LogP contribution in [0.2, 0.25) is 0 Å². The molecule has 244 valence electrons. The van der Waals surface area contributed by atoms with Gasteiger partial charge in [-0.1, -0.05) is 121 Å². The van der Waals surface area contributed by atoms with E-state index in [1.807, 2.05) is 36.4 Å². The number of nitrogens with zero attached hydrogens (tertiary/aromatic N) is 4. The molecule has 0 aliphatic rings. The van der Waals surface area contributed by atoms with Crippen molar-refractivity contribution in [1.82, 2.24) is 19.6 Å². The first-order chi connectivity index (χ1) is 24.1. The van der Waals surface area contributed by atoms with Crippen molar-refractivity contribution in [3.63, 3.8) is 0 Å². The van der Waals surface area contributed by atoms with Gasteiger partial charge in [-0.3, -0.25) is 9.36 Å². The van der Waals surface area contributed by atoms with E-state index in [1.165, 1.54) is 0 Å². The Balaban J connectivity index is 0.00000392. The van der Waals surface area contributed by atoms with Crippen LogP contribution in [0.25, 0.3) is 56.1 Å². The van der Waals surface area contributed by atoms with Crippen LogP contribution in [-0.4, -0.2) is 19.6 Å². The van der Waals surface area contributed by atoms with Gasteiger partial charge >= 0.3 is 21.1 Å². The van der Waals surface area contributed by atoms with Gasteiger partial charge in [0.2, 0.25) is 0 Å². The summed E-state index contributed by atoms with van der Waals surface area (Å²) in [5.41, 5.74) is 11.4. The fourth-order valence-corrected chi connectivity index (χ4v) is 6.68. The largest absolute Gasteiger partial charge is 2.00 e. The van der Waals surface area contributed by atoms with Crippen molar-refractivity contribution in [2.24, 2.45) is 0 Å². The Labute approximate surface area is 308 Å². The maximum atomic E-state index is 5.53. The van der Waals surface area contributed by atoms with Crippen LogP contribution in [0.1, 0.15) is 25.2 Å². The summed E-state index contributed by atoms with van der Waals surface area (Å²) < 4.78 is 4.11. The summed E-state index contributed by atoms with van der Waals surface area (Å²) in [5, 5.41) is 11.1. The van der Waals surface area contributed by atoms with Crippen LogP contribution in [0, 0.1) is 12.1 Å². The van der Waals surface area contributed by atoms with Crippen LogP contribution in [0.3, 0.4) is 0 Å². The molecule has 0 aliphatic carbocycles. The molecule has 0 unspecified atom stereocenters. The minimum absolute atomic E-state index is 0. The van der Waals surface area contributed by atoms with E-state index >= 15 is 0 Å². The number of rotatable bonds is 8. The topological polar surface area (TPSA) is 35.6 Å². The van der Waals surface area contributed by atoms with E-state index in [1.54, 1.807) is 0 Å². The molecular weight excluding hydrogens is 792 g/mol. The summed E-state index contributed by atoms with van der Waals surface area (Å²) in [5.74, 6) is 0. The Morgan fingerprint density at radius 3 is 1.06 bits per heavy atom. The zero-order valence-electron chi connectivity index (χ0n) is 27.8. The molecule has 4 nitrogen and oxygen atoms in total. The second-order valence-corrected chi connectivity index (χ2v) is 12.6. The Kier molecular flexibility index (Phi) is 9.30. The van der Waals surface area contributed by atoms with Crippen LogP contribution in [0.5, 0.6) is 0 Å². The first-order valence-corrected chi connectivity index (χ1v) is 16.5. The molecule has 0 aliphatic heterocycles. The molecule has 8 rings (SSSR count). The Morgan fingerprint density at radius 1 is 0.420 bits per heavy atom. The SMILES string of the molecule is CC(C)(c1nn(-c2[c-]cccc2)c(-c2ccccc2)c1-c1ccccc1)c1nn(-c2[c-]cccc2)c(-c2ccccc2)c1-c1ccccc1.[Pt+2]. The van der Waals surface area contributed by atoms with Gasteiger partial charge < -0.3 is 0 Å². The van der Waals surface area contributed by atoms with Gasteiger partial charge in [-0.25, -0.2) is 0 Å². The maximum absolute atomic E-state index is 5.53. The summed E-state index contributed by atoms with van der Waals surface area (Å²) in [6.45, 7) is 4.50. The van der Waals surface area contributed by atoms with Gasteiger partial charge in [0.1, 0.15) is 0 Å². The molecular formula is C45H34N4Pt. The molecule has 0 saturated carbocycles. The number of hydrogen-bond donors (Lipinski definition) is 0. The van der Waals surface area contributed by atoms with E-state index in [9.17, 15) is 0 Å². The van der Waals surface area contributed by atoms with Gasteiger partial charge in [-0.05, 0) is 36.3 Å². The molecule has 0 atom stereocenters. The summed E-state index contributed by atoms with van der Waals surface area (Å²) in [7, 11) is 0. The number of para-hydroxylation sites is 2. The van der Waals surface area contributed by atoms with Crippen molar-refractivity contribution in [2.45, 2.75) is 19.3 Å². The molecule has 0 radical (unpaired) electrons. The molecule has 5 heteroatoms. The fraction of sp³-hybridized carbons (Fsp3) is 0.0667. The average molecular weight is 826 g/mol. The predicted octanol–water partition coefficient (Wildman–Crippen LogP) is 10.6. The molecule has 0 saturated heterocycles. The minimum atomic E-state index is -0.677. The van der Waals surface area contributed by atoms with Crippen LogP contribution in [-0.2, 0) is 26.5 Å². The number of hydrogen-bond acceptors (Lipinski definition) is 2. The summed E-state index contributed by atoms with van der Waals surface area (Å²) in [6, 6.07) is 65.2. The van der Waals surface area contributed by atoms with Crippen molar-refractivity contribution >= 4 is 0 Å². The molecule has 0 spiro atoms. The summed E-state index contributed by atoms with van der Waals surface area (Å²) in [6.07, 6.45) is 0. The first kappa shape index (κ1) is 33.0. The standard InChI is InChI=1S/C45H34N4.Pt/c1-45(2,43-39(33-21-9-3-10-22-33)41(35-25-13-5-14-26-35)48(46-43)37-29-17-7-18-30-37)44-40(34-23-11-4-12-24-34)42(36-27-15-6-16-28-36)49(47-44)38-31-19-8-20-32-38;/h3-29,31H,1-2H3;/q-2;+2. The zero-order valence-corrected chi connectivity index (χ0v) is 30.0. The molecule has 0 fully saturated rings. The Bertz CT molecular complexity index is 2150. The zero-order chi connectivity index (χ0) is 33.2. The van der Waals surface area contributed by atoms with Gasteiger partial charge in [-0.15, -0.1) is 12.1 Å². The van der Waals surface area contributed by atoms with Crippen molar-refractivity contribution in [3.8, 4) is 56.1 Å². The van der Waals surface area contributed by atoms with E-state index in [0.717, 1.165) is 67.5 Å². The second kappa shape index (κ2) is 14.1. The monoisotopic (exact) mass is 825 g/mol. The molecule has 2 heterocycles. The summed E-state index contributed by atoms with van der Waals surface area (Å²) in [4.78, 5) is 0. The van der Waals surface area contributed by atoms with Gasteiger partial charge in [0.25, 0.3) is 0 Å². The summed E-state index contributed by atoms with van der Waals surface area (Å²) >= 11 is 0. The molecule has 0 bridgehead atoms. The molecule has 0 amide bonds. The Morgan fingerprint density at radius 2 is 0.740 bits per heavy atom. The molecule has 0 N–H and O–H groups in total. The van der Waals surface area contributed by atoms with Crippen molar-refractivity contribution in [3.05, 3.63) is 193 Å². The molecule has 50 heavy (non-hydrogen) atoms. The quantitative estimate of drug-likeness (QED) is 0.143. The third-order valence-electron chi connectivity index (χ3n) is 9.02. The van der Waals surface area contributed by atoms with Crippen LogP contribution in [0.15, 0.2) is 170 Å². The number of aromatic nitrogens is 4. The van der Waals surface area contributed by atoms with Crippen molar-refractivity contribution < 1.29 is 21.1 Å². The fourth-order valence-electron chi connectivity index (χ4n) is 6.68. The first-order valence-electron chi connectivity index (χ1n) is 16.5. The van der Waals surface area contributed by atoms with Gasteiger partial charge in [0, 0.05) is 22.3 Å². The van der Waals surface area contributed by atoms with E-state index in [4.69, 9.17) is 10.2 Å². The molecule has 2 aromatic heterocycles. The van der Waals surface area contributed by atoms with Crippen LogP contribution in [0.4, 0.5) is 0 Å².